The molecule has 0 bridgehead atoms. The van der Waals surface area contributed by atoms with Gasteiger partial charge in [-0.05, 0) is 56.5 Å². The van der Waals surface area contributed by atoms with E-state index >= 15 is 0 Å². The molecule has 27 heavy (non-hydrogen) atoms. The SMILES string of the molecule is Cc1c(C(=O)N2CCCc3ccccc32)oc2c1/C(=N/NC(N)=S)CCC2. The van der Waals surface area contributed by atoms with Crippen LogP contribution < -0.4 is 16.1 Å². The number of rotatable bonds is 2. The highest BCUT2D eigenvalue weighted by Crippen LogP contribution is 2.33. The fourth-order valence-corrected chi connectivity index (χ4v) is 4.02. The Balaban J connectivity index is 1.71. The molecule has 0 saturated heterocycles. The first-order valence-corrected chi connectivity index (χ1v) is 9.61. The summed E-state index contributed by atoms with van der Waals surface area (Å²) in [4.78, 5) is 15.1. The lowest BCUT2D eigenvalue weighted by molar-refractivity contribution is 0.0955. The van der Waals surface area contributed by atoms with Gasteiger partial charge in [-0.15, -0.1) is 0 Å². The van der Waals surface area contributed by atoms with Gasteiger partial charge in [0, 0.05) is 29.8 Å². The Morgan fingerprint density at radius 1 is 1.26 bits per heavy atom. The van der Waals surface area contributed by atoms with E-state index in [1.165, 1.54) is 5.56 Å². The van der Waals surface area contributed by atoms with E-state index in [1.54, 1.807) is 0 Å². The zero-order valence-electron chi connectivity index (χ0n) is 15.2. The number of hydrogen-bond donors (Lipinski definition) is 2. The van der Waals surface area contributed by atoms with Crippen molar-refractivity contribution in [1.29, 1.82) is 0 Å². The summed E-state index contributed by atoms with van der Waals surface area (Å²) in [6.07, 6.45) is 4.45. The van der Waals surface area contributed by atoms with Gasteiger partial charge in [0.1, 0.15) is 5.76 Å². The average Bonchev–Trinajstić information content (AvgIpc) is 3.02. The maximum absolute atomic E-state index is 13.3. The zero-order chi connectivity index (χ0) is 19.0. The van der Waals surface area contributed by atoms with Crippen LogP contribution in [-0.2, 0) is 12.8 Å². The summed E-state index contributed by atoms with van der Waals surface area (Å²) in [7, 11) is 0. The topological polar surface area (TPSA) is 83.9 Å². The van der Waals surface area contributed by atoms with Crippen molar-refractivity contribution in [2.45, 2.75) is 39.0 Å². The van der Waals surface area contributed by atoms with E-state index in [0.29, 0.717) is 12.3 Å². The van der Waals surface area contributed by atoms with E-state index in [1.807, 2.05) is 30.0 Å². The van der Waals surface area contributed by atoms with Crippen LogP contribution in [0.5, 0.6) is 0 Å². The van der Waals surface area contributed by atoms with Gasteiger partial charge >= 0.3 is 0 Å². The highest BCUT2D eigenvalue weighted by Gasteiger charge is 2.32. The van der Waals surface area contributed by atoms with Crippen molar-refractivity contribution in [3.63, 3.8) is 0 Å². The number of para-hydroxylation sites is 1. The van der Waals surface area contributed by atoms with Gasteiger partial charge in [-0.25, -0.2) is 0 Å². The highest BCUT2D eigenvalue weighted by atomic mass is 32.1. The molecule has 140 valence electrons. The Kier molecular flexibility index (Phi) is 4.70. The van der Waals surface area contributed by atoms with E-state index in [-0.39, 0.29) is 11.0 Å². The number of carbonyl (C=O) groups excluding carboxylic acids is 1. The molecule has 4 rings (SSSR count). The van der Waals surface area contributed by atoms with Gasteiger partial charge in [0.05, 0.1) is 5.71 Å². The third-order valence-corrected chi connectivity index (χ3v) is 5.27. The molecule has 1 amide bonds. The van der Waals surface area contributed by atoms with Gasteiger partial charge in [-0.3, -0.25) is 10.2 Å². The number of thiocarbonyl (C=S) groups is 1. The van der Waals surface area contributed by atoms with Crippen molar-refractivity contribution < 1.29 is 9.21 Å². The maximum atomic E-state index is 13.3. The van der Waals surface area contributed by atoms with Gasteiger partial charge in [-0.1, -0.05) is 18.2 Å². The van der Waals surface area contributed by atoms with Crippen LogP contribution >= 0.6 is 12.2 Å². The largest absolute Gasteiger partial charge is 0.455 e. The van der Waals surface area contributed by atoms with Crippen LogP contribution in [0.4, 0.5) is 5.69 Å². The van der Waals surface area contributed by atoms with Gasteiger partial charge in [0.25, 0.3) is 5.91 Å². The summed E-state index contributed by atoms with van der Waals surface area (Å²) < 4.78 is 6.04. The molecular weight excluding hydrogens is 360 g/mol. The Labute approximate surface area is 163 Å². The van der Waals surface area contributed by atoms with Crippen LogP contribution in [0.15, 0.2) is 33.8 Å². The summed E-state index contributed by atoms with van der Waals surface area (Å²) in [6.45, 7) is 2.62. The molecule has 0 unspecified atom stereocenters. The van der Waals surface area contributed by atoms with E-state index in [0.717, 1.165) is 60.4 Å². The fourth-order valence-electron chi connectivity index (χ4n) is 3.97. The van der Waals surface area contributed by atoms with Gasteiger partial charge < -0.3 is 15.1 Å². The molecular formula is C20H22N4O2S. The Hall–Kier alpha value is -2.67. The molecule has 0 radical (unpaired) electrons. The molecule has 1 aliphatic carbocycles. The lowest BCUT2D eigenvalue weighted by atomic mass is 9.93. The van der Waals surface area contributed by atoms with Crippen molar-refractivity contribution in [3.8, 4) is 0 Å². The summed E-state index contributed by atoms with van der Waals surface area (Å²) in [5.74, 6) is 1.13. The van der Waals surface area contributed by atoms with E-state index in [9.17, 15) is 4.79 Å². The van der Waals surface area contributed by atoms with Crippen molar-refractivity contribution in [2.75, 3.05) is 11.4 Å². The second-order valence-corrected chi connectivity index (χ2v) is 7.37. The van der Waals surface area contributed by atoms with Gasteiger partial charge in [0.15, 0.2) is 10.9 Å². The van der Waals surface area contributed by atoms with Crippen molar-refractivity contribution in [2.24, 2.45) is 10.8 Å². The zero-order valence-corrected chi connectivity index (χ0v) is 16.1. The van der Waals surface area contributed by atoms with Crippen molar-refractivity contribution >= 4 is 34.6 Å². The summed E-state index contributed by atoms with van der Waals surface area (Å²) in [5, 5.41) is 4.44. The number of anilines is 1. The lowest BCUT2D eigenvalue weighted by Gasteiger charge is -2.28. The molecule has 0 saturated carbocycles. The predicted octanol–water partition coefficient (Wildman–Crippen LogP) is 3.05. The number of furan rings is 1. The first-order valence-electron chi connectivity index (χ1n) is 9.20. The molecule has 2 aromatic rings. The molecule has 7 heteroatoms. The Bertz CT molecular complexity index is 947. The Morgan fingerprint density at radius 3 is 2.89 bits per heavy atom. The fraction of sp³-hybridized carbons (Fsp3) is 0.350. The lowest BCUT2D eigenvalue weighted by Crippen LogP contribution is -2.35. The number of carbonyl (C=O) groups is 1. The van der Waals surface area contributed by atoms with Crippen LogP contribution in [0.1, 0.15) is 52.3 Å². The first kappa shape index (κ1) is 17.7. The van der Waals surface area contributed by atoms with Crippen LogP contribution in [0, 0.1) is 6.92 Å². The summed E-state index contributed by atoms with van der Waals surface area (Å²) >= 11 is 4.84. The summed E-state index contributed by atoms with van der Waals surface area (Å²) in [5.41, 5.74) is 12.9. The third kappa shape index (κ3) is 3.23. The number of fused-ring (bicyclic) bond motifs is 2. The monoisotopic (exact) mass is 382 g/mol. The molecule has 1 aromatic carbocycles. The molecule has 3 N–H and O–H groups in total. The normalized spacial score (nSPS) is 17.4. The van der Waals surface area contributed by atoms with Crippen molar-refractivity contribution in [1.82, 2.24) is 5.43 Å². The molecule has 0 atom stereocenters. The second-order valence-electron chi connectivity index (χ2n) is 6.93. The molecule has 2 heterocycles. The number of nitrogens with one attached hydrogen (secondary N) is 1. The summed E-state index contributed by atoms with van der Waals surface area (Å²) in [6, 6.07) is 8.07. The molecule has 6 nitrogen and oxygen atoms in total. The first-order chi connectivity index (χ1) is 13.1. The number of benzene rings is 1. The Morgan fingerprint density at radius 2 is 2.07 bits per heavy atom. The second kappa shape index (κ2) is 7.15. The third-order valence-electron chi connectivity index (χ3n) is 5.18. The number of hydrogen-bond acceptors (Lipinski definition) is 4. The minimum atomic E-state index is -0.0873. The van der Waals surface area contributed by atoms with E-state index in [2.05, 4.69) is 16.6 Å². The molecule has 1 aliphatic heterocycles. The molecule has 0 spiro atoms. The van der Waals surface area contributed by atoms with Crippen LogP contribution in [0.25, 0.3) is 0 Å². The number of nitrogens with two attached hydrogens (primary N) is 1. The van der Waals surface area contributed by atoms with Crippen LogP contribution in [0.3, 0.4) is 0 Å². The standard InChI is InChI=1S/C20H22N4O2S/c1-12-17-14(22-23-20(21)27)8-4-10-16(17)26-18(12)19(25)24-11-5-7-13-6-2-3-9-15(13)24/h2-3,6,9H,4-5,7-8,10-11H2,1H3,(H3,21,23,27)/b22-14+. The minimum Gasteiger partial charge on any atom is -0.455 e. The minimum absolute atomic E-state index is 0.0873. The number of aryl methyl sites for hydroxylation is 2. The molecule has 2 aliphatic rings. The number of hydrazone groups is 1. The average molecular weight is 382 g/mol. The van der Waals surface area contributed by atoms with Crippen LogP contribution in [-0.4, -0.2) is 23.3 Å². The predicted molar refractivity (Wildman–Crippen MR) is 109 cm³/mol. The number of nitrogens with zero attached hydrogens (tertiary/aromatic N) is 2. The van der Waals surface area contributed by atoms with E-state index in [4.69, 9.17) is 22.4 Å². The van der Waals surface area contributed by atoms with E-state index < -0.39 is 0 Å². The quantitative estimate of drug-likeness (QED) is 0.616. The molecule has 1 aromatic heterocycles. The maximum Gasteiger partial charge on any atom is 0.294 e. The van der Waals surface area contributed by atoms with Gasteiger partial charge in [-0.2, -0.15) is 5.10 Å². The highest BCUT2D eigenvalue weighted by molar-refractivity contribution is 7.80. The smallest absolute Gasteiger partial charge is 0.294 e. The number of amides is 1. The molecule has 0 fully saturated rings. The van der Waals surface area contributed by atoms with Crippen LogP contribution in [0.2, 0.25) is 0 Å². The van der Waals surface area contributed by atoms with Gasteiger partial charge in [0.2, 0.25) is 0 Å². The van der Waals surface area contributed by atoms with Crippen molar-refractivity contribution in [3.05, 3.63) is 52.5 Å².